The molecule has 1 aromatic carbocycles. The van der Waals surface area contributed by atoms with E-state index in [1.54, 1.807) is 0 Å². The highest BCUT2D eigenvalue weighted by Gasteiger charge is 2.22. The molecule has 22 heavy (non-hydrogen) atoms. The molecule has 4 nitrogen and oxygen atoms in total. The number of thioether (sulfide) groups is 1. The molecule has 1 fully saturated rings. The minimum atomic E-state index is 0. The van der Waals surface area contributed by atoms with Crippen molar-refractivity contribution >= 4 is 47.4 Å². The lowest BCUT2D eigenvalue weighted by Crippen LogP contribution is -2.43. The van der Waals surface area contributed by atoms with Gasteiger partial charge in [0.25, 0.3) is 0 Å². The zero-order valence-electron chi connectivity index (χ0n) is 13.1. The van der Waals surface area contributed by atoms with Crippen molar-refractivity contribution in [2.45, 2.75) is 6.42 Å². The Labute approximate surface area is 154 Å². The molecule has 2 N–H and O–H groups in total. The highest BCUT2D eigenvalue weighted by molar-refractivity contribution is 14.0. The number of hydrogen-bond donors (Lipinski definition) is 1. The molecule has 2 aliphatic rings. The van der Waals surface area contributed by atoms with Crippen molar-refractivity contribution in [3.05, 3.63) is 29.8 Å². The van der Waals surface area contributed by atoms with Crippen molar-refractivity contribution in [1.82, 2.24) is 4.90 Å². The van der Waals surface area contributed by atoms with Crippen molar-refractivity contribution < 1.29 is 0 Å². The summed E-state index contributed by atoms with van der Waals surface area (Å²) in [5.74, 6) is 3.62. The average molecular weight is 432 g/mol. The number of para-hydroxylation sites is 1. The second kappa shape index (κ2) is 8.29. The molecule has 3 rings (SSSR count). The van der Waals surface area contributed by atoms with Crippen molar-refractivity contribution in [3.63, 3.8) is 0 Å². The van der Waals surface area contributed by atoms with Gasteiger partial charge in [-0.05, 0) is 18.1 Å². The Bertz CT molecular complexity index is 517. The van der Waals surface area contributed by atoms with Crippen LogP contribution in [0.15, 0.2) is 29.3 Å². The number of nitrogens with two attached hydrogens (primary N) is 1. The Hall–Kier alpha value is -0.630. The number of benzene rings is 1. The molecule has 0 saturated carbocycles. The first-order valence-corrected chi connectivity index (χ1v) is 8.81. The van der Waals surface area contributed by atoms with Crippen LogP contribution in [-0.2, 0) is 6.42 Å². The fourth-order valence-electron chi connectivity index (χ4n) is 3.15. The third kappa shape index (κ3) is 4.22. The number of halogens is 1. The molecule has 1 atom stereocenters. The molecular formula is C16H25IN4S. The fourth-order valence-corrected chi connectivity index (χ4v) is 4.06. The molecule has 0 radical (unpaired) electrons. The van der Waals surface area contributed by atoms with Gasteiger partial charge in [0, 0.05) is 56.3 Å². The van der Waals surface area contributed by atoms with E-state index < -0.39 is 0 Å². The van der Waals surface area contributed by atoms with Gasteiger partial charge in [0.05, 0.1) is 0 Å². The van der Waals surface area contributed by atoms with E-state index in [2.05, 4.69) is 46.1 Å². The maximum absolute atomic E-state index is 6.15. The van der Waals surface area contributed by atoms with Crippen molar-refractivity contribution in [2.75, 3.05) is 49.6 Å². The van der Waals surface area contributed by atoms with Crippen LogP contribution in [0.2, 0.25) is 0 Å². The summed E-state index contributed by atoms with van der Waals surface area (Å²) in [6.07, 6.45) is 1.10. The Morgan fingerprint density at radius 1 is 1.32 bits per heavy atom. The normalized spacial score (nSPS) is 22.0. The van der Waals surface area contributed by atoms with Crippen LogP contribution in [0.4, 0.5) is 5.69 Å². The maximum Gasteiger partial charge on any atom is 0.191 e. The quantitative estimate of drug-likeness (QED) is 0.443. The molecule has 1 saturated heterocycles. The number of fused-ring (bicyclic) bond motifs is 1. The Kier molecular flexibility index (Phi) is 6.67. The van der Waals surface area contributed by atoms with E-state index in [1.165, 1.54) is 11.3 Å². The number of guanidine groups is 1. The summed E-state index contributed by atoms with van der Waals surface area (Å²) in [6, 6.07) is 8.67. The average Bonchev–Trinajstić information content (AvgIpc) is 2.53. The van der Waals surface area contributed by atoms with Gasteiger partial charge in [0.1, 0.15) is 0 Å². The van der Waals surface area contributed by atoms with E-state index in [9.17, 15) is 0 Å². The van der Waals surface area contributed by atoms with Gasteiger partial charge >= 0.3 is 0 Å². The predicted molar refractivity (Wildman–Crippen MR) is 108 cm³/mol. The van der Waals surface area contributed by atoms with Gasteiger partial charge in [-0.25, -0.2) is 0 Å². The maximum atomic E-state index is 6.15. The summed E-state index contributed by atoms with van der Waals surface area (Å²) in [5.41, 5.74) is 8.94. The molecule has 0 aliphatic carbocycles. The summed E-state index contributed by atoms with van der Waals surface area (Å²) in [6.45, 7) is 3.96. The summed E-state index contributed by atoms with van der Waals surface area (Å²) >= 11 is 2.00. The zero-order valence-corrected chi connectivity index (χ0v) is 16.2. The topological polar surface area (TPSA) is 44.9 Å². The number of hydrogen-bond acceptors (Lipinski definition) is 3. The summed E-state index contributed by atoms with van der Waals surface area (Å²) in [7, 11) is 2.17. The van der Waals surface area contributed by atoms with E-state index >= 15 is 0 Å². The van der Waals surface area contributed by atoms with Crippen LogP contribution in [0.25, 0.3) is 0 Å². The standard InChI is InChI=1S/C16H24N4S.HI/c1-19-12-13(10-14-4-2-3-5-15(14)19)11-18-16(17)20-6-8-21-9-7-20;/h2-5,13H,6-12H2,1H3,(H2,17,18);1H. The molecule has 0 aromatic heterocycles. The van der Waals surface area contributed by atoms with Gasteiger partial charge in [-0.1, -0.05) is 18.2 Å². The first-order valence-electron chi connectivity index (χ1n) is 7.65. The summed E-state index contributed by atoms with van der Waals surface area (Å²) in [4.78, 5) is 9.22. The lowest BCUT2D eigenvalue weighted by molar-refractivity contribution is 0.449. The molecule has 6 heteroatoms. The largest absolute Gasteiger partial charge is 0.374 e. The van der Waals surface area contributed by atoms with Gasteiger partial charge in [0.2, 0.25) is 0 Å². The van der Waals surface area contributed by atoms with Crippen LogP contribution in [0.1, 0.15) is 5.56 Å². The third-order valence-corrected chi connectivity index (χ3v) is 5.23. The van der Waals surface area contributed by atoms with Crippen molar-refractivity contribution in [1.29, 1.82) is 0 Å². The van der Waals surface area contributed by atoms with E-state index in [0.717, 1.165) is 50.1 Å². The van der Waals surface area contributed by atoms with Crippen LogP contribution < -0.4 is 10.6 Å². The smallest absolute Gasteiger partial charge is 0.191 e. The van der Waals surface area contributed by atoms with Crippen LogP contribution in [0.3, 0.4) is 0 Å². The molecule has 2 heterocycles. The van der Waals surface area contributed by atoms with Crippen molar-refractivity contribution in [3.8, 4) is 0 Å². The molecule has 0 bridgehead atoms. The molecule has 0 spiro atoms. The fraction of sp³-hybridized carbons (Fsp3) is 0.562. The molecule has 2 aliphatic heterocycles. The molecular weight excluding hydrogens is 407 g/mol. The van der Waals surface area contributed by atoms with Gasteiger partial charge in [-0.3, -0.25) is 4.99 Å². The molecule has 0 amide bonds. The number of anilines is 1. The first-order chi connectivity index (χ1) is 10.2. The van der Waals surface area contributed by atoms with Crippen LogP contribution in [0.5, 0.6) is 0 Å². The van der Waals surface area contributed by atoms with Gasteiger partial charge < -0.3 is 15.5 Å². The Morgan fingerprint density at radius 3 is 2.82 bits per heavy atom. The van der Waals surface area contributed by atoms with Gasteiger partial charge in [-0.15, -0.1) is 24.0 Å². The molecule has 122 valence electrons. The number of aliphatic imine (C=N–C) groups is 1. The highest BCUT2D eigenvalue weighted by atomic mass is 127. The highest BCUT2D eigenvalue weighted by Crippen LogP contribution is 2.28. The lowest BCUT2D eigenvalue weighted by atomic mass is 9.93. The Morgan fingerprint density at radius 2 is 2.05 bits per heavy atom. The predicted octanol–water partition coefficient (Wildman–Crippen LogP) is 2.28. The zero-order chi connectivity index (χ0) is 14.7. The third-order valence-electron chi connectivity index (χ3n) is 4.29. The first kappa shape index (κ1) is 17.7. The Balaban J connectivity index is 0.00000176. The minimum Gasteiger partial charge on any atom is -0.374 e. The second-order valence-electron chi connectivity index (χ2n) is 5.88. The SMILES string of the molecule is CN1CC(CN=C(N)N2CCSCC2)Cc2ccccc21.I. The van der Waals surface area contributed by atoms with Crippen LogP contribution in [0, 0.1) is 5.92 Å². The van der Waals surface area contributed by atoms with E-state index in [1.807, 2.05) is 11.8 Å². The molecule has 1 unspecified atom stereocenters. The van der Waals surface area contributed by atoms with E-state index in [0.29, 0.717) is 5.92 Å². The van der Waals surface area contributed by atoms with E-state index in [-0.39, 0.29) is 24.0 Å². The van der Waals surface area contributed by atoms with Crippen LogP contribution >= 0.6 is 35.7 Å². The van der Waals surface area contributed by atoms with Crippen molar-refractivity contribution in [2.24, 2.45) is 16.6 Å². The van der Waals surface area contributed by atoms with Gasteiger partial charge in [-0.2, -0.15) is 11.8 Å². The summed E-state index contributed by atoms with van der Waals surface area (Å²) < 4.78 is 0. The van der Waals surface area contributed by atoms with E-state index in [4.69, 9.17) is 5.73 Å². The van der Waals surface area contributed by atoms with Crippen LogP contribution in [-0.4, -0.2) is 55.6 Å². The summed E-state index contributed by atoms with van der Waals surface area (Å²) in [5, 5.41) is 0. The van der Waals surface area contributed by atoms with Gasteiger partial charge in [0.15, 0.2) is 5.96 Å². The number of rotatable bonds is 2. The second-order valence-corrected chi connectivity index (χ2v) is 7.10. The lowest BCUT2D eigenvalue weighted by Gasteiger charge is -2.33. The molecule has 1 aromatic rings. The minimum absolute atomic E-state index is 0. The monoisotopic (exact) mass is 432 g/mol. The number of nitrogens with zero attached hydrogens (tertiary/aromatic N) is 3.